The summed E-state index contributed by atoms with van der Waals surface area (Å²) in [6.45, 7) is 3.48. The number of likely N-dealkylation sites (tertiary alicyclic amines) is 1. The van der Waals surface area contributed by atoms with Gasteiger partial charge in [-0.3, -0.25) is 4.79 Å². The van der Waals surface area contributed by atoms with Gasteiger partial charge in [-0.05, 0) is 45.1 Å². The van der Waals surface area contributed by atoms with Crippen LogP contribution in [0.4, 0.5) is 0 Å². The molecule has 1 saturated heterocycles. The minimum absolute atomic E-state index is 0.0235. The van der Waals surface area contributed by atoms with Crippen LogP contribution >= 0.6 is 0 Å². The Bertz CT molecular complexity index is 483. The van der Waals surface area contributed by atoms with Gasteiger partial charge in [0.15, 0.2) is 5.69 Å². The van der Waals surface area contributed by atoms with Crippen molar-refractivity contribution in [3.63, 3.8) is 0 Å². The monoisotopic (exact) mass is 263 g/mol. The molecular weight excluding hydrogens is 242 g/mol. The van der Waals surface area contributed by atoms with Crippen molar-refractivity contribution < 1.29 is 9.32 Å². The highest BCUT2D eigenvalue weighted by atomic mass is 16.5. The van der Waals surface area contributed by atoms with Crippen molar-refractivity contribution in [2.45, 2.75) is 45.1 Å². The molecule has 3 rings (SSSR count). The second-order valence-electron chi connectivity index (χ2n) is 5.78. The molecule has 2 aliphatic rings. The van der Waals surface area contributed by atoms with Gasteiger partial charge in [-0.15, -0.1) is 0 Å². The van der Waals surface area contributed by atoms with E-state index in [9.17, 15) is 4.79 Å². The Morgan fingerprint density at radius 1 is 1.47 bits per heavy atom. The first-order valence-electron chi connectivity index (χ1n) is 7.19. The standard InChI is InChI=1S/C14H21N3O2/c1-9-6-10(7-15)8-17(9)14(18)13-11-4-2-3-5-12(11)19-16-13/h9-10H,2-8,15H2,1H3. The Balaban J connectivity index is 1.82. The second-order valence-corrected chi connectivity index (χ2v) is 5.78. The SMILES string of the molecule is CC1CC(CN)CN1C(=O)c1noc2c1CCCC2. The van der Waals surface area contributed by atoms with E-state index in [-0.39, 0.29) is 11.9 Å². The van der Waals surface area contributed by atoms with Crippen molar-refractivity contribution in [1.29, 1.82) is 0 Å². The smallest absolute Gasteiger partial charge is 0.276 e. The zero-order valence-corrected chi connectivity index (χ0v) is 11.4. The topological polar surface area (TPSA) is 72.4 Å². The van der Waals surface area contributed by atoms with E-state index in [2.05, 4.69) is 12.1 Å². The highest BCUT2D eigenvalue weighted by Crippen LogP contribution is 2.28. The molecule has 1 aromatic heterocycles. The Morgan fingerprint density at radius 2 is 2.26 bits per heavy atom. The van der Waals surface area contributed by atoms with Gasteiger partial charge in [0.1, 0.15) is 5.76 Å². The molecule has 0 aromatic carbocycles. The Morgan fingerprint density at radius 3 is 3.00 bits per heavy atom. The molecule has 2 N–H and O–H groups in total. The third-order valence-corrected chi connectivity index (χ3v) is 4.41. The predicted octanol–water partition coefficient (Wildman–Crippen LogP) is 1.36. The van der Waals surface area contributed by atoms with Crippen molar-refractivity contribution in [2.24, 2.45) is 11.7 Å². The van der Waals surface area contributed by atoms with Gasteiger partial charge in [0.25, 0.3) is 5.91 Å². The van der Waals surface area contributed by atoms with E-state index in [4.69, 9.17) is 10.3 Å². The normalized spacial score (nSPS) is 26.5. The van der Waals surface area contributed by atoms with Crippen molar-refractivity contribution >= 4 is 5.91 Å². The summed E-state index contributed by atoms with van der Waals surface area (Å²) in [4.78, 5) is 14.5. The molecule has 0 saturated carbocycles. The van der Waals surface area contributed by atoms with Crippen LogP contribution in [-0.2, 0) is 12.8 Å². The van der Waals surface area contributed by atoms with Crippen LogP contribution in [0.5, 0.6) is 0 Å². The van der Waals surface area contributed by atoms with Gasteiger partial charge in [0.05, 0.1) is 0 Å². The first-order chi connectivity index (χ1) is 9.20. The van der Waals surface area contributed by atoms with E-state index in [1.807, 2.05) is 4.90 Å². The molecule has 19 heavy (non-hydrogen) atoms. The number of nitrogens with zero attached hydrogens (tertiary/aromatic N) is 2. The summed E-state index contributed by atoms with van der Waals surface area (Å²) in [7, 11) is 0. The fraction of sp³-hybridized carbons (Fsp3) is 0.714. The van der Waals surface area contributed by atoms with Crippen LogP contribution in [0.1, 0.15) is 48.0 Å². The molecule has 1 aliphatic heterocycles. The highest BCUT2D eigenvalue weighted by Gasteiger charge is 2.35. The van der Waals surface area contributed by atoms with Crippen LogP contribution in [0.15, 0.2) is 4.52 Å². The fourth-order valence-electron chi connectivity index (χ4n) is 3.28. The zero-order valence-electron chi connectivity index (χ0n) is 11.4. The molecular formula is C14H21N3O2. The van der Waals surface area contributed by atoms with E-state index >= 15 is 0 Å². The first kappa shape index (κ1) is 12.7. The van der Waals surface area contributed by atoms with Gasteiger partial charge < -0.3 is 15.2 Å². The molecule has 104 valence electrons. The largest absolute Gasteiger partial charge is 0.360 e. The third kappa shape index (κ3) is 2.16. The molecule has 5 nitrogen and oxygen atoms in total. The molecule has 1 fully saturated rings. The lowest BCUT2D eigenvalue weighted by Crippen LogP contribution is -2.35. The van der Waals surface area contributed by atoms with Crippen LogP contribution < -0.4 is 5.73 Å². The number of carbonyl (C=O) groups excluding carboxylic acids is 1. The summed E-state index contributed by atoms with van der Waals surface area (Å²) in [6.07, 6.45) is 5.07. The molecule has 1 aliphatic carbocycles. The highest BCUT2D eigenvalue weighted by molar-refractivity contribution is 5.94. The average molecular weight is 263 g/mol. The lowest BCUT2D eigenvalue weighted by atomic mass is 9.96. The molecule has 5 heteroatoms. The van der Waals surface area contributed by atoms with Crippen LogP contribution in [0, 0.1) is 5.92 Å². The number of hydrogen-bond donors (Lipinski definition) is 1. The third-order valence-electron chi connectivity index (χ3n) is 4.41. The molecule has 2 atom stereocenters. The Hall–Kier alpha value is -1.36. The van der Waals surface area contributed by atoms with Gasteiger partial charge in [0.2, 0.25) is 0 Å². The number of aryl methyl sites for hydroxylation is 1. The molecule has 0 spiro atoms. The summed E-state index contributed by atoms with van der Waals surface area (Å²) in [6, 6.07) is 0.247. The Labute approximate surface area is 113 Å². The molecule has 1 aromatic rings. The van der Waals surface area contributed by atoms with E-state index in [0.717, 1.165) is 50.0 Å². The molecule has 2 heterocycles. The maximum absolute atomic E-state index is 12.6. The average Bonchev–Trinajstić information content (AvgIpc) is 3.01. The molecule has 0 bridgehead atoms. The van der Waals surface area contributed by atoms with Gasteiger partial charge in [-0.2, -0.15) is 0 Å². The first-order valence-corrected chi connectivity index (χ1v) is 7.19. The summed E-state index contributed by atoms with van der Waals surface area (Å²) < 4.78 is 5.33. The molecule has 2 unspecified atom stereocenters. The minimum atomic E-state index is 0.0235. The van der Waals surface area contributed by atoms with Gasteiger partial charge in [-0.1, -0.05) is 5.16 Å². The van der Waals surface area contributed by atoms with Crippen molar-refractivity contribution in [3.8, 4) is 0 Å². The van der Waals surface area contributed by atoms with Crippen molar-refractivity contribution in [3.05, 3.63) is 17.0 Å². The van der Waals surface area contributed by atoms with E-state index in [1.165, 1.54) is 0 Å². The lowest BCUT2D eigenvalue weighted by Gasteiger charge is -2.21. The van der Waals surface area contributed by atoms with Crippen LogP contribution in [0.3, 0.4) is 0 Å². The quantitative estimate of drug-likeness (QED) is 0.874. The number of rotatable bonds is 2. The summed E-state index contributed by atoms with van der Waals surface area (Å²) in [5, 5.41) is 4.03. The summed E-state index contributed by atoms with van der Waals surface area (Å²) >= 11 is 0. The lowest BCUT2D eigenvalue weighted by molar-refractivity contribution is 0.0732. The predicted molar refractivity (Wildman–Crippen MR) is 70.8 cm³/mol. The maximum atomic E-state index is 12.6. The Kier molecular flexibility index (Phi) is 3.31. The van der Waals surface area contributed by atoms with Gasteiger partial charge in [-0.25, -0.2) is 0 Å². The number of fused-ring (bicyclic) bond motifs is 1. The van der Waals surface area contributed by atoms with Crippen molar-refractivity contribution in [1.82, 2.24) is 10.1 Å². The molecule has 1 amide bonds. The second kappa shape index (κ2) is 4.96. The van der Waals surface area contributed by atoms with E-state index in [0.29, 0.717) is 18.2 Å². The summed E-state index contributed by atoms with van der Waals surface area (Å²) in [5.41, 5.74) is 7.30. The van der Waals surface area contributed by atoms with Crippen molar-refractivity contribution in [2.75, 3.05) is 13.1 Å². The fourth-order valence-corrected chi connectivity index (χ4v) is 3.28. The van der Waals surface area contributed by atoms with E-state index in [1.54, 1.807) is 0 Å². The zero-order chi connectivity index (χ0) is 13.4. The van der Waals surface area contributed by atoms with Crippen LogP contribution in [0.25, 0.3) is 0 Å². The number of aromatic nitrogens is 1. The summed E-state index contributed by atoms with van der Waals surface area (Å²) in [5.74, 6) is 1.36. The van der Waals surface area contributed by atoms with E-state index < -0.39 is 0 Å². The number of amides is 1. The number of carbonyl (C=O) groups is 1. The maximum Gasteiger partial charge on any atom is 0.276 e. The number of hydrogen-bond acceptors (Lipinski definition) is 4. The van der Waals surface area contributed by atoms with Crippen LogP contribution in [0.2, 0.25) is 0 Å². The van der Waals surface area contributed by atoms with Crippen LogP contribution in [-0.4, -0.2) is 35.1 Å². The minimum Gasteiger partial charge on any atom is -0.360 e. The molecule has 0 radical (unpaired) electrons. The number of nitrogens with two attached hydrogens (primary N) is 1. The van der Waals surface area contributed by atoms with Gasteiger partial charge >= 0.3 is 0 Å². The van der Waals surface area contributed by atoms with Gasteiger partial charge in [0, 0.05) is 24.6 Å².